The maximum absolute atomic E-state index is 10.2. The Labute approximate surface area is 83.7 Å². The predicted octanol–water partition coefficient (Wildman–Crippen LogP) is 2.43. The minimum atomic E-state index is -0.842. The highest BCUT2D eigenvalue weighted by atomic mass is 16.4. The lowest BCUT2D eigenvalue weighted by Gasteiger charge is -1.95. The zero-order valence-electron chi connectivity index (χ0n) is 8.16. The van der Waals surface area contributed by atoms with E-state index in [2.05, 4.69) is 6.58 Å². The Balaban J connectivity index is 4.07. The molecule has 0 aromatic carbocycles. The first kappa shape index (κ1) is 12.2. The van der Waals surface area contributed by atoms with Crippen LogP contribution in [0.3, 0.4) is 0 Å². The van der Waals surface area contributed by atoms with Gasteiger partial charge >= 0.3 is 5.97 Å². The smallest absolute Gasteiger partial charge is 0.303 e. The average molecular weight is 191 g/mol. The fourth-order valence-electron chi connectivity index (χ4n) is 0.756. The Bertz CT molecular complexity index is 319. The lowest BCUT2D eigenvalue weighted by atomic mass is 10.1. The van der Waals surface area contributed by atoms with E-state index in [1.165, 1.54) is 0 Å². The Kier molecular flexibility index (Phi) is 5.80. The number of rotatable bonds is 5. The van der Waals surface area contributed by atoms with Crippen LogP contribution in [0.15, 0.2) is 36.0 Å². The first-order chi connectivity index (χ1) is 6.60. The van der Waals surface area contributed by atoms with E-state index in [-0.39, 0.29) is 6.42 Å². The van der Waals surface area contributed by atoms with Crippen molar-refractivity contribution >= 4 is 5.97 Å². The van der Waals surface area contributed by atoms with E-state index in [9.17, 15) is 4.79 Å². The van der Waals surface area contributed by atoms with Gasteiger partial charge in [-0.2, -0.15) is 5.26 Å². The summed E-state index contributed by atoms with van der Waals surface area (Å²) in [5.74, 6) is -0.842. The molecule has 0 aliphatic rings. The molecule has 0 spiro atoms. The monoisotopic (exact) mass is 191 g/mol. The van der Waals surface area contributed by atoms with Crippen LogP contribution in [0.2, 0.25) is 0 Å². The summed E-state index contributed by atoms with van der Waals surface area (Å²) in [5.41, 5.74) is 1.25. The van der Waals surface area contributed by atoms with Crippen molar-refractivity contribution < 1.29 is 9.90 Å². The Morgan fingerprint density at radius 1 is 1.50 bits per heavy atom. The van der Waals surface area contributed by atoms with Gasteiger partial charge in [0.25, 0.3) is 0 Å². The van der Waals surface area contributed by atoms with Gasteiger partial charge < -0.3 is 5.11 Å². The predicted molar refractivity (Wildman–Crippen MR) is 54.5 cm³/mol. The van der Waals surface area contributed by atoms with Crippen LogP contribution in [-0.4, -0.2) is 11.1 Å². The molecule has 0 aliphatic heterocycles. The number of carbonyl (C=O) groups is 1. The van der Waals surface area contributed by atoms with Crippen LogP contribution in [0.1, 0.15) is 19.8 Å². The largest absolute Gasteiger partial charge is 0.481 e. The second-order valence-electron chi connectivity index (χ2n) is 2.74. The maximum Gasteiger partial charge on any atom is 0.303 e. The van der Waals surface area contributed by atoms with Gasteiger partial charge in [0.1, 0.15) is 0 Å². The molecule has 0 atom stereocenters. The van der Waals surface area contributed by atoms with Crippen molar-refractivity contribution in [3.05, 3.63) is 36.0 Å². The number of hydrogen-bond donors (Lipinski definition) is 1. The molecule has 0 aromatic heterocycles. The Hall–Kier alpha value is -1.82. The number of carboxylic acids is 1. The van der Waals surface area contributed by atoms with Crippen LogP contribution in [0.5, 0.6) is 0 Å². The van der Waals surface area contributed by atoms with Crippen molar-refractivity contribution in [2.75, 3.05) is 0 Å². The second kappa shape index (κ2) is 6.67. The van der Waals surface area contributed by atoms with Crippen LogP contribution in [0.25, 0.3) is 0 Å². The molecule has 0 saturated carbocycles. The first-order valence-corrected chi connectivity index (χ1v) is 4.24. The first-order valence-electron chi connectivity index (χ1n) is 4.24. The zero-order chi connectivity index (χ0) is 11.0. The molecule has 0 bridgehead atoms. The quantitative estimate of drug-likeness (QED) is 0.536. The van der Waals surface area contributed by atoms with Gasteiger partial charge in [-0.25, -0.2) is 0 Å². The van der Waals surface area contributed by atoms with Crippen molar-refractivity contribution in [1.29, 1.82) is 5.26 Å². The van der Waals surface area contributed by atoms with Gasteiger partial charge in [0.15, 0.2) is 0 Å². The lowest BCUT2D eigenvalue weighted by Crippen LogP contribution is -1.93. The number of carboxylic acid groups (broad SMARTS) is 1. The summed E-state index contributed by atoms with van der Waals surface area (Å²) in [6, 6.07) is 1.99. The summed E-state index contributed by atoms with van der Waals surface area (Å²) < 4.78 is 0. The Morgan fingerprint density at radius 2 is 2.14 bits per heavy atom. The molecule has 0 saturated heterocycles. The third kappa shape index (κ3) is 5.78. The maximum atomic E-state index is 10.2. The van der Waals surface area contributed by atoms with Crippen molar-refractivity contribution in [3.63, 3.8) is 0 Å². The number of aliphatic carboxylic acids is 1. The summed E-state index contributed by atoms with van der Waals surface area (Å²) >= 11 is 0. The van der Waals surface area contributed by atoms with Gasteiger partial charge in [-0.3, -0.25) is 4.79 Å². The number of allylic oxidation sites excluding steroid dienone is 5. The molecule has 0 heterocycles. The molecule has 0 fully saturated rings. The van der Waals surface area contributed by atoms with Gasteiger partial charge in [-0.15, -0.1) is 0 Å². The summed E-state index contributed by atoms with van der Waals surface area (Å²) in [7, 11) is 0. The van der Waals surface area contributed by atoms with Gasteiger partial charge in [0.05, 0.1) is 6.07 Å². The molecule has 1 N–H and O–H groups in total. The summed E-state index contributed by atoms with van der Waals surface area (Å²) in [5, 5.41) is 17.0. The SMILES string of the molecule is C=C(/C=C\C(C#N)=C/C)CCC(=O)O. The normalized spacial score (nSPS) is 11.3. The number of nitriles is 1. The van der Waals surface area contributed by atoms with Gasteiger partial charge in [0, 0.05) is 12.0 Å². The Morgan fingerprint density at radius 3 is 2.57 bits per heavy atom. The molecule has 14 heavy (non-hydrogen) atoms. The molecular weight excluding hydrogens is 178 g/mol. The number of nitrogens with zero attached hydrogens (tertiary/aromatic N) is 1. The summed E-state index contributed by atoms with van der Waals surface area (Å²) in [6.45, 7) is 5.45. The average Bonchev–Trinajstić information content (AvgIpc) is 2.16. The molecule has 3 nitrogen and oxygen atoms in total. The topological polar surface area (TPSA) is 61.1 Å². The molecule has 0 radical (unpaired) electrons. The van der Waals surface area contributed by atoms with Crippen LogP contribution < -0.4 is 0 Å². The lowest BCUT2D eigenvalue weighted by molar-refractivity contribution is -0.136. The molecule has 0 unspecified atom stereocenters. The zero-order valence-corrected chi connectivity index (χ0v) is 8.16. The standard InChI is InChI=1S/C11H13NO2/c1-3-10(8-12)6-4-9(2)5-7-11(13)14/h3-4,6H,2,5,7H2,1H3,(H,13,14)/b6-4-,10-3+. The van der Waals surface area contributed by atoms with Gasteiger partial charge in [-0.1, -0.05) is 24.3 Å². The van der Waals surface area contributed by atoms with Crippen LogP contribution in [-0.2, 0) is 4.79 Å². The van der Waals surface area contributed by atoms with E-state index < -0.39 is 5.97 Å². The van der Waals surface area contributed by atoms with E-state index in [4.69, 9.17) is 10.4 Å². The van der Waals surface area contributed by atoms with E-state index >= 15 is 0 Å². The molecular formula is C11H13NO2. The third-order valence-corrected chi connectivity index (χ3v) is 1.60. The van der Waals surface area contributed by atoms with Crippen molar-refractivity contribution in [2.45, 2.75) is 19.8 Å². The molecule has 0 aromatic rings. The number of hydrogen-bond acceptors (Lipinski definition) is 2. The van der Waals surface area contributed by atoms with Gasteiger partial charge in [-0.05, 0) is 19.4 Å². The fourth-order valence-corrected chi connectivity index (χ4v) is 0.756. The molecule has 0 rings (SSSR count). The molecule has 0 amide bonds. The van der Waals surface area contributed by atoms with Crippen LogP contribution in [0.4, 0.5) is 0 Å². The highest BCUT2D eigenvalue weighted by Crippen LogP contribution is 2.06. The summed E-state index contributed by atoms with van der Waals surface area (Å²) in [6.07, 6.45) is 5.46. The minimum Gasteiger partial charge on any atom is -0.481 e. The molecule has 3 heteroatoms. The highest BCUT2D eigenvalue weighted by molar-refractivity contribution is 5.67. The highest BCUT2D eigenvalue weighted by Gasteiger charge is 1.97. The van der Waals surface area contributed by atoms with Crippen molar-refractivity contribution in [2.24, 2.45) is 0 Å². The third-order valence-electron chi connectivity index (χ3n) is 1.60. The van der Waals surface area contributed by atoms with E-state index in [1.54, 1.807) is 25.2 Å². The van der Waals surface area contributed by atoms with Crippen molar-refractivity contribution in [1.82, 2.24) is 0 Å². The van der Waals surface area contributed by atoms with E-state index in [0.717, 1.165) is 0 Å². The molecule has 0 aliphatic carbocycles. The molecule has 74 valence electrons. The van der Waals surface area contributed by atoms with E-state index in [0.29, 0.717) is 17.6 Å². The van der Waals surface area contributed by atoms with E-state index in [1.807, 2.05) is 6.07 Å². The summed E-state index contributed by atoms with van der Waals surface area (Å²) in [4.78, 5) is 10.2. The van der Waals surface area contributed by atoms with Crippen LogP contribution in [0, 0.1) is 11.3 Å². The minimum absolute atomic E-state index is 0.0703. The van der Waals surface area contributed by atoms with Crippen molar-refractivity contribution in [3.8, 4) is 6.07 Å². The van der Waals surface area contributed by atoms with Crippen LogP contribution >= 0.6 is 0 Å². The fraction of sp³-hybridized carbons (Fsp3) is 0.273. The second-order valence-corrected chi connectivity index (χ2v) is 2.74. The van der Waals surface area contributed by atoms with Gasteiger partial charge in [0.2, 0.25) is 0 Å².